The Kier molecular flexibility index (Phi) is 6.41. The second-order valence-electron chi connectivity index (χ2n) is 4.72. The number of amides is 1. The Morgan fingerprint density at radius 1 is 1.12 bits per heavy atom. The van der Waals surface area contributed by atoms with Crippen LogP contribution in [0.3, 0.4) is 0 Å². The number of nitrogens with zero attached hydrogens (tertiary/aromatic N) is 1. The molecule has 122 valence electrons. The van der Waals surface area contributed by atoms with Gasteiger partial charge in [-0.05, 0) is 36.4 Å². The minimum absolute atomic E-state index is 0.128. The van der Waals surface area contributed by atoms with E-state index in [1.54, 1.807) is 30.3 Å². The van der Waals surface area contributed by atoms with E-state index in [2.05, 4.69) is 15.9 Å². The number of carbonyl (C=O) groups is 1. The number of rotatable bonds is 7. The summed E-state index contributed by atoms with van der Waals surface area (Å²) in [5, 5.41) is 8.93. The number of nitrogens with two attached hydrogens (primary N) is 1. The van der Waals surface area contributed by atoms with Gasteiger partial charge in [-0.1, -0.05) is 34.1 Å². The quantitative estimate of drug-likeness (QED) is 0.449. The van der Waals surface area contributed by atoms with Crippen LogP contribution in [0.2, 0.25) is 0 Å². The minimum Gasteiger partial charge on any atom is -0.490 e. The minimum atomic E-state index is -0.772. The van der Waals surface area contributed by atoms with Gasteiger partial charge < -0.3 is 15.2 Å². The maximum atomic E-state index is 11.2. The summed E-state index contributed by atoms with van der Waals surface area (Å²) in [7, 11) is 0. The largest absolute Gasteiger partial charge is 0.490 e. The van der Waals surface area contributed by atoms with Crippen LogP contribution in [0.4, 0.5) is 0 Å². The third-order valence-corrected chi connectivity index (χ3v) is 3.56. The monoisotopic (exact) mass is 386 g/mol. The smallest absolute Gasteiger partial charge is 0.259 e. The van der Waals surface area contributed by atoms with Crippen LogP contribution < -0.4 is 15.2 Å². The molecular formula is C18H15BrN2O3. The predicted molar refractivity (Wildman–Crippen MR) is 94.4 cm³/mol. The van der Waals surface area contributed by atoms with Crippen LogP contribution >= 0.6 is 15.9 Å². The fourth-order valence-electron chi connectivity index (χ4n) is 1.89. The number of halogens is 1. The molecule has 2 aromatic carbocycles. The summed E-state index contributed by atoms with van der Waals surface area (Å²) in [6, 6.07) is 16.3. The molecule has 0 bridgehead atoms. The maximum absolute atomic E-state index is 11.2. The van der Waals surface area contributed by atoms with Crippen molar-refractivity contribution >= 4 is 27.9 Å². The van der Waals surface area contributed by atoms with Gasteiger partial charge in [0.2, 0.25) is 0 Å². The van der Waals surface area contributed by atoms with Crippen LogP contribution in [0.1, 0.15) is 5.56 Å². The van der Waals surface area contributed by atoms with E-state index in [9.17, 15) is 4.79 Å². The molecule has 0 atom stereocenters. The lowest BCUT2D eigenvalue weighted by molar-refractivity contribution is -0.114. The van der Waals surface area contributed by atoms with Gasteiger partial charge in [0.15, 0.2) is 0 Å². The first-order valence-corrected chi connectivity index (χ1v) is 7.91. The fraction of sp³-hybridized carbons (Fsp3) is 0.111. The molecule has 2 N–H and O–H groups in total. The number of hydrogen-bond acceptors (Lipinski definition) is 4. The highest BCUT2D eigenvalue weighted by Crippen LogP contribution is 2.21. The second-order valence-corrected chi connectivity index (χ2v) is 5.64. The van der Waals surface area contributed by atoms with Gasteiger partial charge in [-0.2, -0.15) is 5.26 Å². The zero-order valence-electron chi connectivity index (χ0n) is 12.7. The normalized spacial score (nSPS) is 10.8. The molecule has 0 saturated carbocycles. The van der Waals surface area contributed by atoms with Crippen molar-refractivity contribution in [2.45, 2.75) is 0 Å². The Labute approximate surface area is 148 Å². The van der Waals surface area contributed by atoms with Gasteiger partial charge in [0, 0.05) is 10.0 Å². The summed E-state index contributed by atoms with van der Waals surface area (Å²) in [5.74, 6) is 0.521. The van der Waals surface area contributed by atoms with Gasteiger partial charge in [-0.15, -0.1) is 0 Å². The molecule has 6 heteroatoms. The Bertz CT molecular complexity index is 780. The number of primary amides is 1. The molecule has 24 heavy (non-hydrogen) atoms. The van der Waals surface area contributed by atoms with Crippen molar-refractivity contribution in [1.82, 2.24) is 0 Å². The summed E-state index contributed by atoms with van der Waals surface area (Å²) < 4.78 is 12.2. The number of ether oxygens (including phenoxy) is 2. The average molecular weight is 387 g/mol. The molecule has 0 radical (unpaired) electrons. The van der Waals surface area contributed by atoms with Gasteiger partial charge >= 0.3 is 0 Å². The van der Waals surface area contributed by atoms with Crippen molar-refractivity contribution in [2.75, 3.05) is 13.2 Å². The molecule has 2 rings (SSSR count). The van der Waals surface area contributed by atoms with E-state index in [1.165, 1.54) is 6.08 Å². The lowest BCUT2D eigenvalue weighted by Crippen LogP contribution is -2.13. The molecule has 0 saturated heterocycles. The highest BCUT2D eigenvalue weighted by Gasteiger charge is 2.07. The first-order valence-electron chi connectivity index (χ1n) is 7.12. The molecule has 0 aliphatic rings. The molecule has 0 aliphatic carbocycles. The van der Waals surface area contributed by atoms with Crippen LogP contribution in [0, 0.1) is 11.3 Å². The Morgan fingerprint density at radius 3 is 2.46 bits per heavy atom. The van der Waals surface area contributed by atoms with Crippen molar-refractivity contribution in [3.8, 4) is 17.6 Å². The van der Waals surface area contributed by atoms with Crippen LogP contribution in [-0.4, -0.2) is 19.1 Å². The van der Waals surface area contributed by atoms with Crippen LogP contribution in [0.5, 0.6) is 11.5 Å². The van der Waals surface area contributed by atoms with Crippen molar-refractivity contribution < 1.29 is 14.3 Å². The molecule has 0 aromatic heterocycles. The molecule has 5 nitrogen and oxygen atoms in total. The number of nitriles is 1. The van der Waals surface area contributed by atoms with E-state index in [0.29, 0.717) is 24.5 Å². The molecule has 0 unspecified atom stereocenters. The molecule has 0 fully saturated rings. The van der Waals surface area contributed by atoms with Crippen molar-refractivity contribution in [3.05, 3.63) is 64.1 Å². The summed E-state index contributed by atoms with van der Waals surface area (Å²) in [6.07, 6.45) is 1.41. The van der Waals surface area contributed by atoms with E-state index in [4.69, 9.17) is 20.5 Å². The van der Waals surface area contributed by atoms with Crippen molar-refractivity contribution in [1.29, 1.82) is 5.26 Å². The average Bonchev–Trinajstić information content (AvgIpc) is 2.59. The summed E-state index contributed by atoms with van der Waals surface area (Å²) in [4.78, 5) is 11.2. The van der Waals surface area contributed by atoms with E-state index in [-0.39, 0.29) is 5.57 Å². The van der Waals surface area contributed by atoms with E-state index >= 15 is 0 Å². The molecule has 0 spiro atoms. The first-order chi connectivity index (χ1) is 11.6. The summed E-state index contributed by atoms with van der Waals surface area (Å²) in [5.41, 5.74) is 5.63. The molecule has 1 amide bonds. The van der Waals surface area contributed by atoms with E-state index in [0.717, 1.165) is 10.2 Å². The van der Waals surface area contributed by atoms with Gasteiger partial charge in [0.25, 0.3) is 5.91 Å². The lowest BCUT2D eigenvalue weighted by Gasteiger charge is -2.10. The zero-order valence-corrected chi connectivity index (χ0v) is 14.3. The molecular weight excluding hydrogens is 372 g/mol. The van der Waals surface area contributed by atoms with Crippen molar-refractivity contribution in [2.24, 2.45) is 5.73 Å². The van der Waals surface area contributed by atoms with E-state index in [1.807, 2.05) is 24.3 Å². The van der Waals surface area contributed by atoms with Gasteiger partial charge in [0.05, 0.1) is 0 Å². The Hall–Kier alpha value is -2.78. The Balaban J connectivity index is 1.97. The molecule has 2 aromatic rings. The van der Waals surface area contributed by atoms with Gasteiger partial charge in [-0.3, -0.25) is 4.79 Å². The van der Waals surface area contributed by atoms with Crippen LogP contribution in [0.25, 0.3) is 6.08 Å². The predicted octanol–water partition coefficient (Wildman–Crippen LogP) is 3.30. The number of carbonyl (C=O) groups excluding carboxylic acids is 1. The topological polar surface area (TPSA) is 85.3 Å². The third kappa shape index (κ3) is 5.14. The van der Waals surface area contributed by atoms with Crippen LogP contribution in [-0.2, 0) is 4.79 Å². The molecule has 0 aliphatic heterocycles. The zero-order chi connectivity index (χ0) is 17.4. The van der Waals surface area contributed by atoms with Crippen LogP contribution in [0.15, 0.2) is 58.6 Å². The standard InChI is InChI=1S/C18H15BrN2O3/c19-15-5-7-16(8-6-15)23-9-10-24-17-4-2-1-3-13(17)11-14(12-20)18(21)22/h1-8,11H,9-10H2,(H2,21,22)/b14-11-. The van der Waals surface area contributed by atoms with Crippen molar-refractivity contribution in [3.63, 3.8) is 0 Å². The molecule has 0 heterocycles. The van der Waals surface area contributed by atoms with Gasteiger partial charge in [-0.25, -0.2) is 0 Å². The number of benzene rings is 2. The summed E-state index contributed by atoms with van der Waals surface area (Å²) in [6.45, 7) is 0.681. The van der Waals surface area contributed by atoms with Gasteiger partial charge in [0.1, 0.15) is 36.4 Å². The maximum Gasteiger partial charge on any atom is 0.259 e. The lowest BCUT2D eigenvalue weighted by atomic mass is 10.1. The SMILES string of the molecule is N#C/C(=C/c1ccccc1OCCOc1ccc(Br)cc1)C(N)=O. The number of para-hydroxylation sites is 1. The highest BCUT2D eigenvalue weighted by molar-refractivity contribution is 9.10. The summed E-state index contributed by atoms with van der Waals surface area (Å²) >= 11 is 3.36. The highest BCUT2D eigenvalue weighted by atomic mass is 79.9. The number of hydrogen-bond donors (Lipinski definition) is 1. The van der Waals surface area contributed by atoms with E-state index < -0.39 is 5.91 Å². The third-order valence-electron chi connectivity index (χ3n) is 3.03. The fourth-order valence-corrected chi connectivity index (χ4v) is 2.15. The second kappa shape index (κ2) is 8.75. The Morgan fingerprint density at radius 2 is 1.79 bits per heavy atom. The first kappa shape index (κ1) is 17.6.